The van der Waals surface area contributed by atoms with Crippen molar-refractivity contribution in [3.05, 3.63) is 106 Å². The minimum atomic E-state index is -4.60. The molecule has 3 N–H and O–H groups in total. The minimum Gasteiger partial charge on any atom is -0.489 e. The highest BCUT2D eigenvalue weighted by Crippen LogP contribution is 2.55. The van der Waals surface area contributed by atoms with Crippen LogP contribution in [-0.2, 0) is 10.0 Å². The zero-order chi connectivity index (χ0) is 41.4. The number of carbonyl (C=O) groups excluding carboxylic acids is 1. The van der Waals surface area contributed by atoms with Gasteiger partial charge in [0.05, 0.1) is 27.1 Å². The van der Waals surface area contributed by atoms with Crippen LogP contribution in [0.25, 0.3) is 11.0 Å². The molecule has 3 aromatic carbocycles. The molecule has 0 radical (unpaired) electrons. The van der Waals surface area contributed by atoms with Gasteiger partial charge < -0.3 is 24.7 Å². The number of nitro groups is 1. The highest BCUT2D eigenvalue weighted by atomic mass is 32.2. The normalized spacial score (nSPS) is 20.7. The molecule has 5 aromatic rings. The Kier molecular flexibility index (Phi) is 9.32. The van der Waals surface area contributed by atoms with E-state index in [1.165, 1.54) is 42.9 Å². The number of nitrogens with one attached hydrogen (secondary N) is 3. The number of aromatic nitrogens is 2. The first-order valence-corrected chi connectivity index (χ1v) is 22.5. The number of piperidine rings is 1. The molecule has 1 atom stereocenters. The van der Waals surface area contributed by atoms with Crippen LogP contribution in [0.4, 0.5) is 17.1 Å². The second kappa shape index (κ2) is 14.5. The third kappa shape index (κ3) is 7.00. The standard InChI is InChI=1S/C45H49N7O7S/c1-28(2)34-6-3-4-7-35(34)37-8-5-17-51(37)31-24-44(25-31)14-18-50(19-15-44)30-9-10-36(39(21-30)59-32-20-29-11-16-46-42(29)47-26-32)43(53)49-60(56,57)33-22-38(52(54)55)41-40(23-33)58-27-45(48-41)12-13-45/h3-4,6-7,9-11,16,20-23,26,28,31,37,48H,5,8,12-15,17-19,24-25,27H2,1-2H3,(H,46,47)(H,49,53)/t37-/m0/s1. The van der Waals surface area contributed by atoms with Gasteiger partial charge in [-0.3, -0.25) is 19.8 Å². The molecule has 10 rings (SSSR count). The maximum absolute atomic E-state index is 14.0. The van der Waals surface area contributed by atoms with Crippen LogP contribution in [0.2, 0.25) is 0 Å². The smallest absolute Gasteiger partial charge is 0.297 e. The lowest BCUT2D eigenvalue weighted by molar-refractivity contribution is -0.384. The average molecular weight is 832 g/mol. The number of nitrogens with zero attached hydrogens (tertiary/aromatic N) is 4. The third-order valence-electron chi connectivity index (χ3n) is 13.6. The maximum Gasteiger partial charge on any atom is 0.297 e. The lowest BCUT2D eigenvalue weighted by atomic mass is 9.59. The van der Waals surface area contributed by atoms with Crippen LogP contribution < -0.4 is 24.4 Å². The van der Waals surface area contributed by atoms with Crippen molar-refractivity contribution in [1.82, 2.24) is 19.6 Å². The molecule has 15 heteroatoms. The summed E-state index contributed by atoms with van der Waals surface area (Å²) in [5.74, 6) is 0.119. The number of fused-ring (bicyclic) bond motifs is 2. The van der Waals surface area contributed by atoms with E-state index in [0.29, 0.717) is 34.8 Å². The zero-order valence-electron chi connectivity index (χ0n) is 33.8. The fraction of sp³-hybridized carbons (Fsp3) is 0.422. The molecule has 1 amide bonds. The highest BCUT2D eigenvalue weighted by Gasteiger charge is 2.50. The fourth-order valence-corrected chi connectivity index (χ4v) is 11.1. The van der Waals surface area contributed by atoms with Crippen LogP contribution in [0, 0.1) is 15.5 Å². The van der Waals surface area contributed by atoms with Gasteiger partial charge in [0.15, 0.2) is 11.4 Å². The Bertz CT molecular complexity index is 2630. The second-order valence-corrected chi connectivity index (χ2v) is 19.5. The Hall–Kier alpha value is -5.67. The van der Waals surface area contributed by atoms with Gasteiger partial charge in [0.2, 0.25) is 0 Å². The molecule has 3 aliphatic heterocycles. The molecule has 60 heavy (non-hydrogen) atoms. The largest absolute Gasteiger partial charge is 0.489 e. The fourth-order valence-electron chi connectivity index (χ4n) is 10.1. The summed E-state index contributed by atoms with van der Waals surface area (Å²) in [6.45, 7) is 7.68. The number of amides is 1. The predicted molar refractivity (Wildman–Crippen MR) is 228 cm³/mol. The van der Waals surface area contributed by atoms with Crippen molar-refractivity contribution in [2.24, 2.45) is 5.41 Å². The average Bonchev–Trinajstić information content (AvgIpc) is 3.55. The van der Waals surface area contributed by atoms with E-state index in [9.17, 15) is 23.3 Å². The van der Waals surface area contributed by atoms with Gasteiger partial charge in [-0.05, 0) is 105 Å². The third-order valence-corrected chi connectivity index (χ3v) is 14.9. The number of hydrogen-bond donors (Lipinski definition) is 3. The summed E-state index contributed by atoms with van der Waals surface area (Å²) < 4.78 is 41.8. The van der Waals surface area contributed by atoms with E-state index in [1.807, 2.05) is 12.1 Å². The molecule has 2 aromatic heterocycles. The zero-order valence-corrected chi connectivity index (χ0v) is 34.6. The van der Waals surface area contributed by atoms with Crippen LogP contribution >= 0.6 is 0 Å². The van der Waals surface area contributed by atoms with Crippen molar-refractivity contribution in [2.75, 3.05) is 36.5 Å². The number of benzene rings is 3. The first kappa shape index (κ1) is 38.5. The summed E-state index contributed by atoms with van der Waals surface area (Å²) >= 11 is 0. The Morgan fingerprint density at radius 2 is 1.83 bits per heavy atom. The molecule has 2 saturated carbocycles. The van der Waals surface area contributed by atoms with Crippen LogP contribution in [-0.4, -0.2) is 71.9 Å². The summed E-state index contributed by atoms with van der Waals surface area (Å²) in [5.41, 5.74) is 4.11. The number of rotatable bonds is 10. The van der Waals surface area contributed by atoms with Crippen molar-refractivity contribution < 1.29 is 27.6 Å². The van der Waals surface area contributed by atoms with E-state index in [0.717, 1.165) is 62.5 Å². The van der Waals surface area contributed by atoms with Gasteiger partial charge in [0, 0.05) is 60.6 Å². The van der Waals surface area contributed by atoms with E-state index in [-0.39, 0.29) is 34.9 Å². The number of ether oxygens (including phenoxy) is 2. The number of anilines is 2. The second-order valence-electron chi connectivity index (χ2n) is 17.8. The van der Waals surface area contributed by atoms with Crippen molar-refractivity contribution in [3.63, 3.8) is 0 Å². The van der Waals surface area contributed by atoms with Crippen LogP contribution in [0.1, 0.15) is 98.7 Å². The summed E-state index contributed by atoms with van der Waals surface area (Å²) in [6.07, 6.45) is 11.9. The highest BCUT2D eigenvalue weighted by molar-refractivity contribution is 7.90. The number of likely N-dealkylation sites (tertiary alicyclic amines) is 1. The Morgan fingerprint density at radius 1 is 1.03 bits per heavy atom. The first-order valence-electron chi connectivity index (χ1n) is 21.0. The number of pyridine rings is 1. The van der Waals surface area contributed by atoms with Crippen molar-refractivity contribution >= 4 is 44.0 Å². The van der Waals surface area contributed by atoms with Crippen LogP contribution in [0.3, 0.4) is 0 Å². The summed E-state index contributed by atoms with van der Waals surface area (Å²) in [5, 5.41) is 16.1. The molecule has 0 unspecified atom stereocenters. The molecule has 5 aliphatic rings. The number of hydrogen-bond acceptors (Lipinski definition) is 11. The number of sulfonamides is 1. The maximum atomic E-state index is 14.0. The quantitative estimate of drug-likeness (QED) is 0.0911. The molecule has 0 bridgehead atoms. The van der Waals surface area contributed by atoms with E-state index in [1.54, 1.807) is 30.6 Å². The van der Waals surface area contributed by atoms with Gasteiger partial charge in [-0.2, -0.15) is 0 Å². The predicted octanol–water partition coefficient (Wildman–Crippen LogP) is 8.43. The molecule has 2 spiro atoms. The molecule has 5 heterocycles. The van der Waals surface area contributed by atoms with E-state index in [4.69, 9.17) is 9.47 Å². The molecule has 14 nitrogen and oxygen atoms in total. The number of carbonyl (C=O) groups is 1. The monoisotopic (exact) mass is 831 g/mol. The first-order chi connectivity index (χ1) is 28.9. The summed E-state index contributed by atoms with van der Waals surface area (Å²) in [6, 6.07) is 21.0. The molecular weight excluding hydrogens is 783 g/mol. The Balaban J connectivity index is 0.869. The molecule has 2 saturated heterocycles. The minimum absolute atomic E-state index is 0.0212. The van der Waals surface area contributed by atoms with Gasteiger partial charge >= 0.3 is 0 Å². The van der Waals surface area contributed by atoms with Crippen molar-refractivity contribution in [2.45, 2.75) is 93.7 Å². The number of nitro benzene ring substituents is 1. The topological polar surface area (TPSA) is 172 Å². The van der Waals surface area contributed by atoms with Crippen LogP contribution in [0.15, 0.2) is 84.0 Å². The lowest BCUT2D eigenvalue weighted by Crippen LogP contribution is -2.54. The summed E-state index contributed by atoms with van der Waals surface area (Å²) in [7, 11) is -4.60. The van der Waals surface area contributed by atoms with E-state index in [2.05, 4.69) is 67.9 Å². The summed E-state index contributed by atoms with van der Waals surface area (Å²) in [4.78, 5) is 37.5. The molecule has 312 valence electrons. The van der Waals surface area contributed by atoms with Crippen molar-refractivity contribution in [3.8, 4) is 17.2 Å². The van der Waals surface area contributed by atoms with E-state index >= 15 is 0 Å². The number of aromatic amines is 1. The molecule has 2 aliphatic carbocycles. The molecular formula is C45H49N7O7S. The lowest BCUT2D eigenvalue weighted by Gasteiger charge is -2.56. The Morgan fingerprint density at radius 3 is 2.60 bits per heavy atom. The van der Waals surface area contributed by atoms with Crippen LogP contribution in [0.5, 0.6) is 17.2 Å². The van der Waals surface area contributed by atoms with Gasteiger partial charge in [-0.1, -0.05) is 38.1 Å². The van der Waals surface area contributed by atoms with Gasteiger partial charge in [0.1, 0.15) is 23.8 Å². The van der Waals surface area contributed by atoms with Gasteiger partial charge in [0.25, 0.3) is 21.6 Å². The van der Waals surface area contributed by atoms with Crippen molar-refractivity contribution in [1.29, 1.82) is 0 Å². The Labute approximate surface area is 348 Å². The molecule has 4 fully saturated rings. The SMILES string of the molecule is CC(C)c1ccccc1[C@@H]1CCCN1C1CC2(CCN(c3ccc(C(=O)NS(=O)(=O)c4cc5c(c([N+](=O)[O-])c4)NC4(CC4)CO5)c(Oc4cnc5[nH]ccc5c4)c3)CC2)C1. The van der Waals surface area contributed by atoms with E-state index < -0.39 is 31.4 Å². The van der Waals surface area contributed by atoms with Gasteiger partial charge in [-0.15, -0.1) is 0 Å². The number of H-pyrrole nitrogens is 1. The van der Waals surface area contributed by atoms with Gasteiger partial charge in [-0.25, -0.2) is 18.1 Å².